The lowest BCUT2D eigenvalue weighted by Gasteiger charge is -2.12. The second-order valence-corrected chi connectivity index (χ2v) is 8.30. The van der Waals surface area contributed by atoms with Crippen molar-refractivity contribution in [2.75, 3.05) is 11.9 Å². The number of ether oxygens (including phenoxy) is 1. The Morgan fingerprint density at radius 3 is 2.58 bits per heavy atom. The third kappa shape index (κ3) is 6.40. The molecule has 0 saturated heterocycles. The first-order valence-electron chi connectivity index (χ1n) is 9.76. The summed E-state index contributed by atoms with van der Waals surface area (Å²) in [5.74, 6) is -0.649. The molecule has 0 aliphatic carbocycles. The number of hydrazine groups is 1. The van der Waals surface area contributed by atoms with Crippen LogP contribution in [0.15, 0.2) is 54.7 Å². The molecule has 2 aromatic heterocycles. The summed E-state index contributed by atoms with van der Waals surface area (Å²) in [6.45, 7) is 2.04. The van der Waals surface area contributed by atoms with E-state index in [-0.39, 0.29) is 24.0 Å². The number of hydrogen-bond acceptors (Lipinski definition) is 5. The number of esters is 1. The first kappa shape index (κ1) is 22.5. The fraction of sp³-hybridized carbons (Fsp3) is 0.227. The summed E-state index contributed by atoms with van der Waals surface area (Å²) in [7, 11) is 1.88. The number of carbonyl (C=O) groups is 2. The number of nitrogens with one attached hydrogen (secondary N) is 3. The summed E-state index contributed by atoms with van der Waals surface area (Å²) in [5.41, 5.74) is 7.69. The summed E-state index contributed by atoms with van der Waals surface area (Å²) in [6, 6.07) is 15.6. The molecule has 2 heterocycles. The molecule has 0 fully saturated rings. The molecule has 0 bridgehead atoms. The predicted octanol–water partition coefficient (Wildman–Crippen LogP) is 3.41. The topological polar surface area (TPSA) is 84.4 Å². The minimum Gasteiger partial charge on any atom is -0.462 e. The third-order valence-electron chi connectivity index (χ3n) is 4.44. The van der Waals surface area contributed by atoms with Gasteiger partial charge in [0.2, 0.25) is 5.91 Å². The molecule has 31 heavy (non-hydrogen) atoms. The van der Waals surface area contributed by atoms with Crippen molar-refractivity contribution in [3.8, 4) is 0 Å². The Bertz CT molecular complexity index is 1060. The average molecular weight is 457 g/mol. The maximum atomic E-state index is 12.4. The number of hydrogen-bond donors (Lipinski definition) is 3. The third-order valence-corrected chi connectivity index (χ3v) is 5.69. The molecule has 0 atom stereocenters. The van der Waals surface area contributed by atoms with Gasteiger partial charge in [-0.3, -0.25) is 15.6 Å². The summed E-state index contributed by atoms with van der Waals surface area (Å²) in [5, 5.41) is 3.75. The van der Waals surface area contributed by atoms with E-state index in [0.717, 1.165) is 16.1 Å². The molecule has 9 heteroatoms. The Balaban J connectivity index is 1.64. The molecule has 1 aromatic carbocycles. The lowest BCUT2D eigenvalue weighted by molar-refractivity contribution is -0.121. The largest absolute Gasteiger partial charge is 0.462 e. The van der Waals surface area contributed by atoms with Gasteiger partial charge in [-0.15, -0.1) is 11.3 Å². The van der Waals surface area contributed by atoms with Crippen LogP contribution in [0.2, 0.25) is 0 Å². The molecule has 3 aromatic rings. The van der Waals surface area contributed by atoms with Gasteiger partial charge in [-0.1, -0.05) is 30.3 Å². The second-order valence-electron chi connectivity index (χ2n) is 6.75. The van der Waals surface area contributed by atoms with Crippen molar-refractivity contribution in [1.29, 1.82) is 0 Å². The van der Waals surface area contributed by atoms with E-state index in [1.54, 1.807) is 6.92 Å². The van der Waals surface area contributed by atoms with E-state index in [9.17, 15) is 9.59 Å². The van der Waals surface area contributed by atoms with Crippen LogP contribution in [0.3, 0.4) is 0 Å². The number of benzene rings is 1. The van der Waals surface area contributed by atoms with Crippen LogP contribution in [-0.4, -0.2) is 28.2 Å². The van der Waals surface area contributed by atoms with Crippen molar-refractivity contribution in [2.24, 2.45) is 7.05 Å². The monoisotopic (exact) mass is 456 g/mol. The molecule has 3 rings (SSSR count). The van der Waals surface area contributed by atoms with Gasteiger partial charge in [0.25, 0.3) is 0 Å². The van der Waals surface area contributed by atoms with E-state index in [0.29, 0.717) is 17.0 Å². The highest BCUT2D eigenvalue weighted by molar-refractivity contribution is 7.80. The number of thiocarbonyl (C=S) groups is 1. The van der Waals surface area contributed by atoms with E-state index in [1.165, 1.54) is 11.3 Å². The van der Waals surface area contributed by atoms with Crippen molar-refractivity contribution in [2.45, 2.75) is 19.8 Å². The number of rotatable bonds is 7. The molecule has 1 amide bonds. The molecular formula is C22H24N4O3S2. The van der Waals surface area contributed by atoms with E-state index < -0.39 is 5.97 Å². The number of aromatic nitrogens is 1. The highest BCUT2D eigenvalue weighted by Gasteiger charge is 2.18. The molecule has 0 unspecified atom stereocenters. The summed E-state index contributed by atoms with van der Waals surface area (Å²) < 4.78 is 7.05. The maximum absolute atomic E-state index is 12.4. The molecule has 0 saturated carbocycles. The zero-order valence-electron chi connectivity index (χ0n) is 17.3. The molecular weight excluding hydrogens is 432 g/mol. The van der Waals surface area contributed by atoms with Crippen molar-refractivity contribution < 1.29 is 14.3 Å². The first-order chi connectivity index (χ1) is 15.0. The van der Waals surface area contributed by atoms with Gasteiger partial charge in [0, 0.05) is 30.2 Å². The number of amides is 1. The Kier molecular flexibility index (Phi) is 7.80. The van der Waals surface area contributed by atoms with Gasteiger partial charge in [-0.2, -0.15) is 0 Å². The van der Waals surface area contributed by atoms with Gasteiger partial charge in [0.15, 0.2) is 5.11 Å². The van der Waals surface area contributed by atoms with Gasteiger partial charge in [-0.05, 0) is 42.9 Å². The molecule has 0 aliphatic heterocycles. The van der Waals surface area contributed by atoms with Crippen molar-refractivity contribution >= 4 is 45.5 Å². The standard InChI is InChI=1S/C22H24N4O3S2/c1-3-29-21(28)18-14-17(12-15-8-5-4-6-9-15)31-20(18)23-22(30)25-24-19(27)13-16-10-7-11-26(16)2/h4-11,14H,3,12-13H2,1-2H3,(H,24,27)(H2,23,25,30). The van der Waals surface area contributed by atoms with Crippen LogP contribution in [0.5, 0.6) is 0 Å². The SMILES string of the molecule is CCOC(=O)c1cc(Cc2ccccc2)sc1NC(=S)NNC(=O)Cc1cccn1C. The Hall–Kier alpha value is -3.17. The zero-order chi connectivity index (χ0) is 22.2. The fourth-order valence-electron chi connectivity index (χ4n) is 2.93. The van der Waals surface area contributed by atoms with E-state index >= 15 is 0 Å². The molecule has 0 spiro atoms. The summed E-state index contributed by atoms with van der Waals surface area (Å²) in [6.07, 6.45) is 2.78. The molecule has 0 aliphatic rings. The first-order valence-corrected chi connectivity index (χ1v) is 11.0. The highest BCUT2D eigenvalue weighted by Crippen LogP contribution is 2.30. The number of anilines is 1. The molecule has 0 radical (unpaired) electrons. The van der Waals surface area contributed by atoms with Crippen LogP contribution in [0, 0.1) is 0 Å². The normalized spacial score (nSPS) is 10.4. The van der Waals surface area contributed by atoms with Crippen LogP contribution in [0.1, 0.15) is 33.4 Å². The number of nitrogens with zero attached hydrogens (tertiary/aromatic N) is 1. The van der Waals surface area contributed by atoms with Crippen LogP contribution in [-0.2, 0) is 29.4 Å². The number of thiophene rings is 1. The van der Waals surface area contributed by atoms with E-state index in [2.05, 4.69) is 16.2 Å². The van der Waals surface area contributed by atoms with Gasteiger partial charge in [0.05, 0.1) is 18.6 Å². The number of aryl methyl sites for hydroxylation is 1. The summed E-state index contributed by atoms with van der Waals surface area (Å²) >= 11 is 6.71. The molecule has 7 nitrogen and oxygen atoms in total. The number of carbonyl (C=O) groups excluding carboxylic acids is 2. The highest BCUT2D eigenvalue weighted by atomic mass is 32.1. The van der Waals surface area contributed by atoms with Gasteiger partial charge in [-0.25, -0.2) is 4.79 Å². The van der Waals surface area contributed by atoms with Crippen LogP contribution in [0.25, 0.3) is 0 Å². The van der Waals surface area contributed by atoms with E-state index in [4.69, 9.17) is 17.0 Å². The fourth-order valence-corrected chi connectivity index (χ4v) is 4.23. The Labute approximate surface area is 190 Å². The average Bonchev–Trinajstić information content (AvgIpc) is 3.33. The second kappa shape index (κ2) is 10.7. The molecule has 162 valence electrons. The maximum Gasteiger partial charge on any atom is 0.341 e. The van der Waals surface area contributed by atoms with Crippen LogP contribution >= 0.6 is 23.6 Å². The van der Waals surface area contributed by atoms with Gasteiger partial charge >= 0.3 is 5.97 Å². The molecule has 3 N–H and O–H groups in total. The Morgan fingerprint density at radius 2 is 1.90 bits per heavy atom. The van der Waals surface area contributed by atoms with Gasteiger partial charge in [0.1, 0.15) is 5.00 Å². The van der Waals surface area contributed by atoms with Crippen LogP contribution in [0.4, 0.5) is 5.00 Å². The summed E-state index contributed by atoms with van der Waals surface area (Å²) in [4.78, 5) is 25.5. The zero-order valence-corrected chi connectivity index (χ0v) is 18.9. The lowest BCUT2D eigenvalue weighted by Crippen LogP contribution is -2.44. The Morgan fingerprint density at radius 1 is 1.13 bits per heavy atom. The lowest BCUT2D eigenvalue weighted by atomic mass is 10.1. The van der Waals surface area contributed by atoms with Crippen LogP contribution < -0.4 is 16.2 Å². The quantitative estimate of drug-likeness (QED) is 0.287. The van der Waals surface area contributed by atoms with Crippen molar-refractivity contribution in [3.05, 3.63) is 76.4 Å². The van der Waals surface area contributed by atoms with Gasteiger partial charge < -0.3 is 14.6 Å². The predicted molar refractivity (Wildman–Crippen MR) is 126 cm³/mol. The smallest absolute Gasteiger partial charge is 0.341 e. The van der Waals surface area contributed by atoms with Crippen molar-refractivity contribution in [3.63, 3.8) is 0 Å². The minimum atomic E-state index is -0.420. The minimum absolute atomic E-state index is 0.180. The van der Waals surface area contributed by atoms with Crippen molar-refractivity contribution in [1.82, 2.24) is 15.4 Å². The van der Waals surface area contributed by atoms with E-state index in [1.807, 2.05) is 66.3 Å².